The molecule has 0 saturated carbocycles. The van der Waals surface area contributed by atoms with E-state index in [1.807, 2.05) is 18.2 Å². The fourth-order valence-electron chi connectivity index (χ4n) is 1.68. The van der Waals surface area contributed by atoms with Crippen LogP contribution in [0.2, 0.25) is 5.02 Å². The lowest BCUT2D eigenvalue weighted by atomic mass is 10.1. The molecule has 1 N–H and O–H groups in total. The quantitative estimate of drug-likeness (QED) is 0.729. The first-order valence-corrected chi connectivity index (χ1v) is 7.21. The van der Waals surface area contributed by atoms with Crippen LogP contribution in [-0.2, 0) is 0 Å². The van der Waals surface area contributed by atoms with Crippen molar-refractivity contribution >= 4 is 11.6 Å². The number of benzene rings is 1. The van der Waals surface area contributed by atoms with Gasteiger partial charge in [0.15, 0.2) is 0 Å². The largest absolute Gasteiger partial charge is 0.488 e. The molecule has 1 rings (SSSR count). The predicted molar refractivity (Wildman–Crippen MR) is 83.1 cm³/mol. The van der Waals surface area contributed by atoms with Gasteiger partial charge in [-0.05, 0) is 57.5 Å². The number of rotatable bonds is 7. The Morgan fingerprint density at radius 2 is 2.16 bits per heavy atom. The van der Waals surface area contributed by atoms with Crippen LogP contribution < -0.4 is 10.1 Å². The van der Waals surface area contributed by atoms with Crippen LogP contribution in [0.25, 0.3) is 0 Å². The number of ether oxygens (including phenoxy) is 1. The Balaban J connectivity index is 2.66. The van der Waals surface area contributed by atoms with Crippen LogP contribution in [0.15, 0.2) is 29.8 Å². The third-order valence-corrected chi connectivity index (χ3v) is 3.18. The van der Waals surface area contributed by atoms with Crippen LogP contribution in [-0.4, -0.2) is 13.2 Å². The minimum absolute atomic E-state index is 0.310. The van der Waals surface area contributed by atoms with Gasteiger partial charge in [-0.1, -0.05) is 30.2 Å². The fraction of sp³-hybridized carbons (Fsp3) is 0.500. The maximum atomic E-state index is 6.25. The van der Waals surface area contributed by atoms with E-state index in [0.717, 1.165) is 18.7 Å². The van der Waals surface area contributed by atoms with Crippen molar-refractivity contribution in [3.05, 3.63) is 40.4 Å². The van der Waals surface area contributed by atoms with E-state index >= 15 is 0 Å². The molecule has 0 bridgehead atoms. The summed E-state index contributed by atoms with van der Waals surface area (Å²) in [6.07, 6.45) is 3.16. The second-order valence-corrected chi connectivity index (χ2v) is 5.37. The lowest BCUT2D eigenvalue weighted by Gasteiger charge is -2.15. The van der Waals surface area contributed by atoms with Gasteiger partial charge in [0.25, 0.3) is 0 Å². The lowest BCUT2D eigenvalue weighted by Crippen LogP contribution is -2.19. The molecule has 0 aliphatic rings. The van der Waals surface area contributed by atoms with E-state index in [1.165, 1.54) is 11.1 Å². The Morgan fingerprint density at radius 3 is 2.74 bits per heavy atom. The molecule has 0 spiro atoms. The number of allylic oxidation sites excluding steroid dienone is 1. The maximum absolute atomic E-state index is 6.25. The van der Waals surface area contributed by atoms with Crippen molar-refractivity contribution < 1.29 is 4.74 Å². The van der Waals surface area contributed by atoms with Gasteiger partial charge in [0.2, 0.25) is 0 Å². The summed E-state index contributed by atoms with van der Waals surface area (Å²) >= 11 is 6.25. The minimum atomic E-state index is 0.310. The van der Waals surface area contributed by atoms with E-state index in [1.54, 1.807) is 0 Å². The van der Waals surface area contributed by atoms with Gasteiger partial charge < -0.3 is 10.1 Å². The van der Waals surface area contributed by atoms with E-state index in [-0.39, 0.29) is 0 Å². The van der Waals surface area contributed by atoms with Gasteiger partial charge in [-0.15, -0.1) is 0 Å². The van der Waals surface area contributed by atoms with Crippen LogP contribution in [0.1, 0.15) is 45.7 Å². The molecule has 0 amide bonds. The predicted octanol–water partition coefficient (Wildman–Crippen LogP) is 4.75. The Morgan fingerprint density at radius 1 is 1.42 bits per heavy atom. The molecule has 2 nitrogen and oxygen atoms in total. The minimum Gasteiger partial charge on any atom is -0.488 e. The highest BCUT2D eigenvalue weighted by atomic mass is 35.5. The van der Waals surface area contributed by atoms with Gasteiger partial charge in [0, 0.05) is 6.04 Å². The molecule has 0 aromatic heterocycles. The van der Waals surface area contributed by atoms with E-state index in [2.05, 4.69) is 39.1 Å². The van der Waals surface area contributed by atoms with Crippen LogP contribution in [0.4, 0.5) is 0 Å². The molecule has 106 valence electrons. The van der Waals surface area contributed by atoms with Crippen LogP contribution in [0, 0.1) is 0 Å². The standard InChI is InChI=1S/C16H24ClNO/c1-5-9-18-13(4)14-6-7-16(15(17)11-14)19-10-8-12(2)3/h6-8,11,13,18H,5,9-10H2,1-4H3. The molecule has 0 heterocycles. The molecule has 0 saturated heterocycles. The first-order valence-electron chi connectivity index (χ1n) is 6.83. The molecule has 19 heavy (non-hydrogen) atoms. The third-order valence-electron chi connectivity index (χ3n) is 2.89. The molecule has 1 aromatic carbocycles. The summed E-state index contributed by atoms with van der Waals surface area (Å²) in [5.74, 6) is 0.741. The smallest absolute Gasteiger partial charge is 0.138 e. The number of nitrogens with one attached hydrogen (secondary N) is 1. The summed E-state index contributed by atoms with van der Waals surface area (Å²) in [6.45, 7) is 9.98. The fourth-order valence-corrected chi connectivity index (χ4v) is 1.92. The zero-order valence-electron chi connectivity index (χ0n) is 12.3. The van der Waals surface area contributed by atoms with Crippen LogP contribution >= 0.6 is 11.6 Å². The first-order chi connectivity index (χ1) is 9.04. The zero-order chi connectivity index (χ0) is 14.3. The van der Waals surface area contributed by atoms with Crippen molar-refractivity contribution in [2.75, 3.05) is 13.2 Å². The van der Waals surface area contributed by atoms with Gasteiger partial charge in [0.1, 0.15) is 12.4 Å². The van der Waals surface area contributed by atoms with Gasteiger partial charge in [-0.3, -0.25) is 0 Å². The van der Waals surface area contributed by atoms with Gasteiger partial charge in [0.05, 0.1) is 5.02 Å². The SMILES string of the molecule is CCCNC(C)c1ccc(OCC=C(C)C)c(Cl)c1. The van der Waals surface area contributed by atoms with Crippen molar-refractivity contribution in [1.82, 2.24) is 5.32 Å². The molecule has 0 aliphatic heterocycles. The molecule has 0 fully saturated rings. The molecule has 0 radical (unpaired) electrons. The average molecular weight is 282 g/mol. The summed E-state index contributed by atoms with van der Waals surface area (Å²) in [6, 6.07) is 6.30. The van der Waals surface area contributed by atoms with Crippen molar-refractivity contribution in [3.63, 3.8) is 0 Å². The van der Waals surface area contributed by atoms with Crippen molar-refractivity contribution in [2.24, 2.45) is 0 Å². The van der Waals surface area contributed by atoms with E-state index in [9.17, 15) is 0 Å². The summed E-state index contributed by atoms with van der Waals surface area (Å²) in [5, 5.41) is 4.12. The molecule has 0 aliphatic carbocycles. The molecule has 1 unspecified atom stereocenters. The highest BCUT2D eigenvalue weighted by Gasteiger charge is 2.08. The zero-order valence-corrected chi connectivity index (χ0v) is 13.1. The van der Waals surface area contributed by atoms with Crippen molar-refractivity contribution in [2.45, 2.75) is 40.2 Å². The second-order valence-electron chi connectivity index (χ2n) is 4.96. The molecule has 3 heteroatoms. The average Bonchev–Trinajstić information content (AvgIpc) is 2.37. The Bertz CT molecular complexity index is 425. The van der Waals surface area contributed by atoms with Crippen molar-refractivity contribution in [1.29, 1.82) is 0 Å². The highest BCUT2D eigenvalue weighted by molar-refractivity contribution is 6.32. The lowest BCUT2D eigenvalue weighted by molar-refractivity contribution is 0.362. The highest BCUT2D eigenvalue weighted by Crippen LogP contribution is 2.28. The van der Waals surface area contributed by atoms with Gasteiger partial charge in [-0.2, -0.15) is 0 Å². The maximum Gasteiger partial charge on any atom is 0.138 e. The van der Waals surface area contributed by atoms with E-state index < -0.39 is 0 Å². The van der Waals surface area contributed by atoms with E-state index in [0.29, 0.717) is 17.7 Å². The van der Waals surface area contributed by atoms with Gasteiger partial charge in [-0.25, -0.2) is 0 Å². The number of hydrogen-bond acceptors (Lipinski definition) is 2. The van der Waals surface area contributed by atoms with Crippen LogP contribution in [0.3, 0.4) is 0 Å². The summed E-state index contributed by atoms with van der Waals surface area (Å²) < 4.78 is 5.63. The molecular weight excluding hydrogens is 258 g/mol. The molecule has 1 atom stereocenters. The number of hydrogen-bond donors (Lipinski definition) is 1. The normalized spacial score (nSPS) is 12.1. The Hall–Kier alpha value is -0.990. The monoisotopic (exact) mass is 281 g/mol. The van der Waals surface area contributed by atoms with Gasteiger partial charge >= 0.3 is 0 Å². The Kier molecular flexibility index (Phi) is 6.96. The topological polar surface area (TPSA) is 21.3 Å². The summed E-state index contributed by atoms with van der Waals surface area (Å²) in [5.41, 5.74) is 2.43. The number of halogens is 1. The summed E-state index contributed by atoms with van der Waals surface area (Å²) in [7, 11) is 0. The Labute approximate surface area is 121 Å². The molecular formula is C16H24ClNO. The molecule has 1 aromatic rings. The van der Waals surface area contributed by atoms with E-state index in [4.69, 9.17) is 16.3 Å². The van der Waals surface area contributed by atoms with Crippen molar-refractivity contribution in [3.8, 4) is 5.75 Å². The first kappa shape index (κ1) is 16.1. The third kappa shape index (κ3) is 5.66. The second kappa shape index (κ2) is 8.23. The van der Waals surface area contributed by atoms with Crippen LogP contribution in [0.5, 0.6) is 5.75 Å². The summed E-state index contributed by atoms with van der Waals surface area (Å²) in [4.78, 5) is 0.